The molecule has 1 aliphatic heterocycles. The smallest absolute Gasteiger partial charge is 0.337 e. The van der Waals surface area contributed by atoms with Crippen molar-refractivity contribution in [2.24, 2.45) is 0 Å². The molecule has 0 aliphatic carbocycles. The minimum Gasteiger partial charge on any atom is -0.478 e. The molecule has 98 valence electrons. The SMILES string of the molecule is O=C(O)c1cc(C(F)F)ccc1N1CCCCC1. The van der Waals surface area contributed by atoms with Crippen molar-refractivity contribution >= 4 is 11.7 Å². The van der Waals surface area contributed by atoms with Crippen molar-refractivity contribution in [1.29, 1.82) is 0 Å². The minimum atomic E-state index is -2.64. The zero-order valence-electron chi connectivity index (χ0n) is 9.90. The van der Waals surface area contributed by atoms with Gasteiger partial charge in [-0.15, -0.1) is 0 Å². The van der Waals surface area contributed by atoms with E-state index in [1.165, 1.54) is 12.1 Å². The van der Waals surface area contributed by atoms with Crippen LogP contribution in [-0.4, -0.2) is 24.2 Å². The Hall–Kier alpha value is -1.65. The van der Waals surface area contributed by atoms with Crippen molar-refractivity contribution in [2.75, 3.05) is 18.0 Å². The molecule has 1 saturated heterocycles. The first kappa shape index (κ1) is 12.8. The van der Waals surface area contributed by atoms with Crippen LogP contribution in [0.4, 0.5) is 14.5 Å². The van der Waals surface area contributed by atoms with Crippen molar-refractivity contribution in [1.82, 2.24) is 0 Å². The molecule has 0 amide bonds. The summed E-state index contributed by atoms with van der Waals surface area (Å²) in [4.78, 5) is 13.1. The summed E-state index contributed by atoms with van der Waals surface area (Å²) in [5.41, 5.74) is 0.273. The van der Waals surface area contributed by atoms with Gasteiger partial charge in [0.05, 0.1) is 11.3 Å². The molecule has 5 heteroatoms. The van der Waals surface area contributed by atoms with Crippen molar-refractivity contribution in [3.8, 4) is 0 Å². The van der Waals surface area contributed by atoms with Crippen molar-refractivity contribution in [3.63, 3.8) is 0 Å². The zero-order valence-corrected chi connectivity index (χ0v) is 9.90. The maximum atomic E-state index is 12.6. The summed E-state index contributed by atoms with van der Waals surface area (Å²) in [6, 6.07) is 3.88. The van der Waals surface area contributed by atoms with Crippen LogP contribution >= 0.6 is 0 Å². The summed E-state index contributed by atoms with van der Waals surface area (Å²) < 4.78 is 25.2. The maximum Gasteiger partial charge on any atom is 0.337 e. The average Bonchev–Trinajstić information content (AvgIpc) is 2.39. The highest BCUT2D eigenvalue weighted by molar-refractivity contribution is 5.94. The Kier molecular flexibility index (Phi) is 3.79. The van der Waals surface area contributed by atoms with E-state index in [1.807, 2.05) is 4.90 Å². The highest BCUT2D eigenvalue weighted by atomic mass is 19.3. The van der Waals surface area contributed by atoms with Gasteiger partial charge in [0.2, 0.25) is 0 Å². The van der Waals surface area contributed by atoms with Crippen molar-refractivity contribution in [3.05, 3.63) is 29.3 Å². The summed E-state index contributed by atoms with van der Waals surface area (Å²) in [6.45, 7) is 1.57. The number of alkyl halides is 2. The number of carbonyl (C=O) groups is 1. The van der Waals surface area contributed by atoms with Crippen LogP contribution in [-0.2, 0) is 0 Å². The maximum absolute atomic E-state index is 12.6. The Morgan fingerprint density at radius 1 is 1.22 bits per heavy atom. The van der Waals surface area contributed by atoms with Crippen LogP contribution in [0.2, 0.25) is 0 Å². The van der Waals surface area contributed by atoms with Crippen LogP contribution in [0.25, 0.3) is 0 Å². The number of carboxylic acids is 1. The number of piperidine rings is 1. The lowest BCUT2D eigenvalue weighted by atomic mass is 10.0. The van der Waals surface area contributed by atoms with E-state index in [4.69, 9.17) is 5.11 Å². The van der Waals surface area contributed by atoms with E-state index in [0.717, 1.165) is 38.4 Å². The van der Waals surface area contributed by atoms with E-state index in [9.17, 15) is 13.6 Å². The first-order chi connectivity index (χ1) is 8.59. The Labute approximate surface area is 104 Å². The number of hydrogen-bond acceptors (Lipinski definition) is 2. The molecule has 3 nitrogen and oxygen atoms in total. The second-order valence-electron chi connectivity index (χ2n) is 4.43. The highest BCUT2D eigenvalue weighted by Gasteiger charge is 2.20. The van der Waals surface area contributed by atoms with E-state index in [1.54, 1.807) is 0 Å². The Morgan fingerprint density at radius 3 is 2.44 bits per heavy atom. The molecule has 0 aromatic heterocycles. The molecule has 0 unspecified atom stereocenters. The molecule has 1 fully saturated rings. The second kappa shape index (κ2) is 5.33. The van der Waals surface area contributed by atoms with Gasteiger partial charge in [0.15, 0.2) is 0 Å². The Balaban J connectivity index is 2.36. The number of aromatic carboxylic acids is 1. The van der Waals surface area contributed by atoms with Gasteiger partial charge in [-0.2, -0.15) is 0 Å². The number of halogens is 2. The highest BCUT2D eigenvalue weighted by Crippen LogP contribution is 2.28. The predicted molar refractivity (Wildman–Crippen MR) is 64.4 cm³/mol. The summed E-state index contributed by atoms with van der Waals surface area (Å²) in [7, 11) is 0. The molecule has 1 aromatic rings. The summed E-state index contributed by atoms with van der Waals surface area (Å²) in [5.74, 6) is -1.15. The molecule has 0 atom stereocenters. The second-order valence-corrected chi connectivity index (χ2v) is 4.43. The van der Waals surface area contributed by atoms with Crippen LogP contribution in [0.3, 0.4) is 0 Å². The van der Waals surface area contributed by atoms with Crippen LogP contribution < -0.4 is 4.90 Å². The lowest BCUT2D eigenvalue weighted by molar-refractivity contribution is 0.0697. The number of hydrogen-bond donors (Lipinski definition) is 1. The van der Waals surface area contributed by atoms with Gasteiger partial charge in [-0.3, -0.25) is 0 Å². The molecule has 1 N–H and O–H groups in total. The molecule has 1 aliphatic rings. The predicted octanol–water partition coefficient (Wildman–Crippen LogP) is 3.31. The third kappa shape index (κ3) is 2.60. The standard InChI is InChI=1S/C13H15F2NO2/c14-12(15)9-4-5-11(10(8-9)13(17)18)16-6-2-1-3-7-16/h4-5,8,12H,1-3,6-7H2,(H,17,18). The first-order valence-electron chi connectivity index (χ1n) is 6.00. The first-order valence-corrected chi connectivity index (χ1v) is 6.00. The van der Waals surface area contributed by atoms with Gasteiger partial charge in [-0.1, -0.05) is 6.07 Å². The number of carboxylic acid groups (broad SMARTS) is 1. The molecule has 0 spiro atoms. The van der Waals surface area contributed by atoms with E-state index in [0.29, 0.717) is 5.69 Å². The summed E-state index contributed by atoms with van der Waals surface area (Å²) in [5, 5.41) is 9.13. The largest absolute Gasteiger partial charge is 0.478 e. The van der Waals surface area contributed by atoms with Crippen LogP contribution in [0.1, 0.15) is 41.6 Å². The zero-order chi connectivity index (χ0) is 13.1. The summed E-state index contributed by atoms with van der Waals surface area (Å²) in [6.07, 6.45) is 0.512. The van der Waals surface area contributed by atoms with Gasteiger partial charge in [0.25, 0.3) is 6.43 Å². The molecular formula is C13H15F2NO2. The van der Waals surface area contributed by atoms with Crippen LogP contribution in [0, 0.1) is 0 Å². The van der Waals surface area contributed by atoms with Gasteiger partial charge in [0.1, 0.15) is 0 Å². The normalized spacial score (nSPS) is 16.1. The number of nitrogens with zero attached hydrogens (tertiary/aromatic N) is 1. The average molecular weight is 255 g/mol. The molecule has 0 radical (unpaired) electrons. The van der Waals surface area contributed by atoms with E-state index < -0.39 is 12.4 Å². The van der Waals surface area contributed by atoms with Gasteiger partial charge >= 0.3 is 5.97 Å². The molecular weight excluding hydrogens is 240 g/mol. The van der Waals surface area contributed by atoms with Crippen molar-refractivity contribution < 1.29 is 18.7 Å². The molecule has 2 rings (SSSR count). The fourth-order valence-electron chi connectivity index (χ4n) is 2.27. The lowest BCUT2D eigenvalue weighted by Gasteiger charge is -2.30. The fourth-order valence-corrected chi connectivity index (χ4v) is 2.27. The van der Waals surface area contributed by atoms with Gasteiger partial charge in [0, 0.05) is 18.7 Å². The third-order valence-electron chi connectivity index (χ3n) is 3.20. The van der Waals surface area contributed by atoms with Crippen LogP contribution in [0.15, 0.2) is 18.2 Å². The van der Waals surface area contributed by atoms with Gasteiger partial charge in [-0.05, 0) is 31.4 Å². The van der Waals surface area contributed by atoms with E-state index >= 15 is 0 Å². The monoisotopic (exact) mass is 255 g/mol. The molecule has 0 saturated carbocycles. The van der Waals surface area contributed by atoms with Crippen LogP contribution in [0.5, 0.6) is 0 Å². The lowest BCUT2D eigenvalue weighted by Crippen LogP contribution is -2.30. The van der Waals surface area contributed by atoms with Gasteiger partial charge in [-0.25, -0.2) is 13.6 Å². The van der Waals surface area contributed by atoms with E-state index in [2.05, 4.69) is 0 Å². The number of anilines is 1. The molecule has 18 heavy (non-hydrogen) atoms. The van der Waals surface area contributed by atoms with Crippen molar-refractivity contribution in [2.45, 2.75) is 25.7 Å². The quantitative estimate of drug-likeness (QED) is 0.900. The number of benzene rings is 1. The van der Waals surface area contributed by atoms with E-state index in [-0.39, 0.29) is 11.1 Å². The molecule has 0 bridgehead atoms. The minimum absolute atomic E-state index is 0.0327. The Bertz CT molecular complexity index is 443. The summed E-state index contributed by atoms with van der Waals surface area (Å²) >= 11 is 0. The molecule has 1 heterocycles. The number of rotatable bonds is 3. The van der Waals surface area contributed by atoms with Gasteiger partial charge < -0.3 is 10.0 Å². The molecule has 1 aromatic carbocycles. The fraction of sp³-hybridized carbons (Fsp3) is 0.462. The third-order valence-corrected chi connectivity index (χ3v) is 3.20. The topological polar surface area (TPSA) is 40.5 Å². The Morgan fingerprint density at radius 2 is 1.89 bits per heavy atom.